The van der Waals surface area contributed by atoms with Gasteiger partial charge in [-0.3, -0.25) is 4.90 Å². The van der Waals surface area contributed by atoms with E-state index in [0.717, 1.165) is 0 Å². The molecule has 130 valence electrons. The molecule has 7 heteroatoms. The van der Waals surface area contributed by atoms with Crippen LogP contribution in [0.5, 0.6) is 0 Å². The normalized spacial score (nSPS) is 11.5. The molecule has 0 aliphatic rings. The second-order valence-electron chi connectivity index (χ2n) is 6.48. The minimum absolute atomic E-state index is 0.0571. The van der Waals surface area contributed by atoms with Crippen LogP contribution in [-0.4, -0.2) is 21.7 Å². The Bertz CT molecular complexity index is 888. The van der Waals surface area contributed by atoms with Crippen molar-refractivity contribution in [1.29, 1.82) is 0 Å². The number of para-hydroxylation sites is 1. The fraction of sp³-hybridized carbons (Fsp3) is 0.278. The molecule has 0 aliphatic carbocycles. The van der Waals surface area contributed by atoms with Gasteiger partial charge in [0.1, 0.15) is 11.4 Å². The second-order valence-corrected chi connectivity index (χ2v) is 6.82. The van der Waals surface area contributed by atoms with Crippen LogP contribution in [-0.2, 0) is 11.3 Å². The van der Waals surface area contributed by atoms with E-state index >= 15 is 0 Å². The Morgan fingerprint density at radius 2 is 1.96 bits per heavy atom. The molecule has 6 nitrogen and oxygen atoms in total. The van der Waals surface area contributed by atoms with E-state index in [-0.39, 0.29) is 11.8 Å². The molecule has 0 aliphatic heterocycles. The predicted molar refractivity (Wildman–Crippen MR) is 95.7 cm³/mol. The maximum absolute atomic E-state index is 12.8. The molecule has 3 rings (SSSR count). The SMILES string of the molecule is CC(C)(C)OC(=O)N(Cc1ccco1)c1nc(Cl)nc2ccccc12. The number of furan rings is 1. The standard InChI is InChI=1S/C18H18ClN3O3/c1-18(2,3)25-17(23)22(11-12-7-6-10-24-12)15-13-8-4-5-9-14(13)20-16(19)21-15/h4-10H,11H2,1-3H3. The van der Waals surface area contributed by atoms with Gasteiger partial charge in [-0.2, -0.15) is 4.98 Å². The van der Waals surface area contributed by atoms with Crippen molar-refractivity contribution in [3.8, 4) is 0 Å². The number of fused-ring (bicyclic) bond motifs is 1. The molecule has 1 amide bonds. The van der Waals surface area contributed by atoms with Gasteiger partial charge >= 0.3 is 6.09 Å². The van der Waals surface area contributed by atoms with Gasteiger partial charge in [0.05, 0.1) is 18.3 Å². The van der Waals surface area contributed by atoms with Crippen LogP contribution in [0.2, 0.25) is 5.28 Å². The van der Waals surface area contributed by atoms with Crippen LogP contribution >= 0.6 is 11.6 Å². The van der Waals surface area contributed by atoms with E-state index in [4.69, 9.17) is 20.8 Å². The maximum Gasteiger partial charge on any atom is 0.416 e. The minimum Gasteiger partial charge on any atom is -0.467 e. The molecule has 3 aromatic rings. The van der Waals surface area contributed by atoms with Crippen molar-refractivity contribution in [2.24, 2.45) is 0 Å². The highest BCUT2D eigenvalue weighted by molar-refractivity contribution is 6.29. The molecule has 0 saturated heterocycles. The molecule has 1 aromatic carbocycles. The van der Waals surface area contributed by atoms with Crippen molar-refractivity contribution in [3.05, 3.63) is 53.7 Å². The Balaban J connectivity index is 2.09. The number of amides is 1. The number of carbonyl (C=O) groups excluding carboxylic acids is 1. The zero-order valence-corrected chi connectivity index (χ0v) is 14.9. The molecule has 0 N–H and O–H groups in total. The molecule has 0 radical (unpaired) electrons. The predicted octanol–water partition coefficient (Wildman–Crippen LogP) is 4.82. The van der Waals surface area contributed by atoms with Crippen LogP contribution in [0, 0.1) is 0 Å². The van der Waals surface area contributed by atoms with Gasteiger partial charge in [-0.1, -0.05) is 12.1 Å². The number of aromatic nitrogens is 2. The summed E-state index contributed by atoms with van der Waals surface area (Å²) >= 11 is 6.06. The smallest absolute Gasteiger partial charge is 0.416 e. The van der Waals surface area contributed by atoms with Crippen LogP contribution in [0.1, 0.15) is 26.5 Å². The molecule has 0 atom stereocenters. The lowest BCUT2D eigenvalue weighted by atomic mass is 10.2. The van der Waals surface area contributed by atoms with Crippen molar-refractivity contribution < 1.29 is 13.9 Å². The summed E-state index contributed by atoms with van der Waals surface area (Å²) in [7, 11) is 0. The zero-order valence-electron chi connectivity index (χ0n) is 14.2. The van der Waals surface area contributed by atoms with Crippen LogP contribution in [0.3, 0.4) is 0 Å². The van der Waals surface area contributed by atoms with Crippen molar-refractivity contribution >= 4 is 34.4 Å². The number of halogens is 1. The fourth-order valence-electron chi connectivity index (χ4n) is 2.34. The topological polar surface area (TPSA) is 68.5 Å². The molecule has 0 bridgehead atoms. The fourth-order valence-corrected chi connectivity index (χ4v) is 2.51. The quantitative estimate of drug-likeness (QED) is 0.627. The summed E-state index contributed by atoms with van der Waals surface area (Å²) < 4.78 is 10.9. The Morgan fingerprint density at radius 1 is 1.20 bits per heavy atom. The van der Waals surface area contributed by atoms with Crippen molar-refractivity contribution in [2.75, 3.05) is 4.90 Å². The largest absolute Gasteiger partial charge is 0.467 e. The highest BCUT2D eigenvalue weighted by atomic mass is 35.5. The summed E-state index contributed by atoms with van der Waals surface area (Å²) in [6.45, 7) is 5.59. The van der Waals surface area contributed by atoms with Crippen LogP contribution < -0.4 is 4.90 Å². The highest BCUT2D eigenvalue weighted by Gasteiger charge is 2.27. The summed E-state index contributed by atoms with van der Waals surface area (Å²) in [4.78, 5) is 22.7. The van der Waals surface area contributed by atoms with Crippen molar-refractivity contribution in [1.82, 2.24) is 9.97 Å². The summed E-state index contributed by atoms with van der Waals surface area (Å²) in [6.07, 6.45) is 1.01. The number of rotatable bonds is 3. The molecule has 0 fully saturated rings. The number of hydrogen-bond donors (Lipinski definition) is 0. The van der Waals surface area contributed by atoms with Gasteiger partial charge in [0.25, 0.3) is 0 Å². The van der Waals surface area contributed by atoms with E-state index in [2.05, 4.69) is 9.97 Å². The number of benzene rings is 1. The van der Waals surface area contributed by atoms with Crippen LogP contribution in [0.25, 0.3) is 10.9 Å². The lowest BCUT2D eigenvalue weighted by Crippen LogP contribution is -2.37. The first-order chi connectivity index (χ1) is 11.8. The molecule has 2 heterocycles. The molecule has 0 unspecified atom stereocenters. The van der Waals surface area contributed by atoms with Crippen molar-refractivity contribution in [2.45, 2.75) is 32.9 Å². The number of ether oxygens (including phenoxy) is 1. The monoisotopic (exact) mass is 359 g/mol. The summed E-state index contributed by atoms with van der Waals surface area (Å²) in [6, 6.07) is 10.9. The molecule has 0 spiro atoms. The van der Waals surface area contributed by atoms with E-state index < -0.39 is 11.7 Å². The average Bonchev–Trinajstić information content (AvgIpc) is 3.03. The summed E-state index contributed by atoms with van der Waals surface area (Å²) in [5.74, 6) is 0.978. The minimum atomic E-state index is -0.648. The average molecular weight is 360 g/mol. The Labute approximate surface area is 150 Å². The van der Waals surface area contributed by atoms with E-state index in [9.17, 15) is 4.79 Å². The van der Waals surface area contributed by atoms with E-state index in [1.165, 1.54) is 4.90 Å². The third-order valence-corrected chi connectivity index (χ3v) is 3.49. The van der Waals surface area contributed by atoms with Gasteiger partial charge < -0.3 is 9.15 Å². The van der Waals surface area contributed by atoms with Crippen LogP contribution in [0.15, 0.2) is 47.1 Å². The lowest BCUT2D eigenvalue weighted by molar-refractivity contribution is 0.0574. The van der Waals surface area contributed by atoms with Gasteiger partial charge in [-0.25, -0.2) is 9.78 Å². The first kappa shape index (κ1) is 17.2. The summed E-state index contributed by atoms with van der Waals surface area (Å²) in [5, 5.41) is 0.756. The van der Waals surface area contributed by atoms with Gasteiger partial charge in [0.15, 0.2) is 5.82 Å². The molecule has 2 aromatic heterocycles. The Morgan fingerprint density at radius 3 is 2.64 bits per heavy atom. The molecule has 25 heavy (non-hydrogen) atoms. The first-order valence-electron chi connectivity index (χ1n) is 7.79. The van der Waals surface area contributed by atoms with E-state index in [0.29, 0.717) is 22.5 Å². The van der Waals surface area contributed by atoms with Crippen molar-refractivity contribution in [3.63, 3.8) is 0 Å². The maximum atomic E-state index is 12.8. The number of nitrogens with zero attached hydrogens (tertiary/aromatic N) is 3. The van der Waals surface area contributed by atoms with Gasteiger partial charge in [0.2, 0.25) is 5.28 Å². The highest BCUT2D eigenvalue weighted by Crippen LogP contribution is 2.28. The molecular formula is C18H18ClN3O3. The zero-order chi connectivity index (χ0) is 18.0. The number of anilines is 1. The van der Waals surface area contributed by atoms with E-state index in [1.807, 2.05) is 24.3 Å². The molecular weight excluding hydrogens is 342 g/mol. The third-order valence-electron chi connectivity index (χ3n) is 3.32. The third kappa shape index (κ3) is 4.09. The van der Waals surface area contributed by atoms with Gasteiger partial charge in [-0.15, -0.1) is 0 Å². The lowest BCUT2D eigenvalue weighted by Gasteiger charge is -2.27. The first-order valence-corrected chi connectivity index (χ1v) is 8.16. The Hall–Kier alpha value is -2.60. The number of carbonyl (C=O) groups is 1. The molecule has 0 saturated carbocycles. The van der Waals surface area contributed by atoms with Gasteiger partial charge in [-0.05, 0) is 56.6 Å². The van der Waals surface area contributed by atoms with Crippen LogP contribution in [0.4, 0.5) is 10.6 Å². The Kier molecular flexibility index (Phi) is 4.63. The second kappa shape index (κ2) is 6.72. The van der Waals surface area contributed by atoms with E-state index in [1.54, 1.807) is 39.2 Å². The van der Waals surface area contributed by atoms with Gasteiger partial charge in [0, 0.05) is 5.39 Å². The number of hydrogen-bond acceptors (Lipinski definition) is 5. The summed E-state index contributed by atoms with van der Waals surface area (Å²) in [5.41, 5.74) is -0.00371.